The van der Waals surface area contributed by atoms with E-state index in [-0.39, 0.29) is 0 Å². The van der Waals surface area contributed by atoms with Gasteiger partial charge in [-0.1, -0.05) is 49.6 Å². The fourth-order valence-electron chi connectivity index (χ4n) is 4.79. The SMILES string of the molecule is CCCC1CCC2(CCNCC2c2ccc(C)cc2)CC1. The van der Waals surface area contributed by atoms with Crippen molar-refractivity contribution in [3.05, 3.63) is 35.4 Å². The van der Waals surface area contributed by atoms with Gasteiger partial charge in [-0.2, -0.15) is 0 Å². The number of aryl methyl sites for hydroxylation is 1. The Morgan fingerprint density at radius 1 is 1.10 bits per heavy atom. The molecule has 1 aromatic carbocycles. The zero-order chi connectivity index (χ0) is 14.7. The second-order valence-electron chi connectivity index (χ2n) is 7.51. The molecule has 0 aromatic heterocycles. The number of rotatable bonds is 3. The van der Waals surface area contributed by atoms with Crippen LogP contribution in [0.2, 0.25) is 0 Å². The Morgan fingerprint density at radius 2 is 1.81 bits per heavy atom. The predicted molar refractivity (Wildman–Crippen MR) is 90.7 cm³/mol. The van der Waals surface area contributed by atoms with E-state index in [4.69, 9.17) is 0 Å². The molecule has 1 atom stereocenters. The molecule has 1 heteroatoms. The first-order chi connectivity index (χ1) is 10.2. The molecule has 1 aromatic rings. The molecule has 3 rings (SSSR count). The lowest BCUT2D eigenvalue weighted by Crippen LogP contribution is -2.45. The molecule has 0 radical (unpaired) electrons. The van der Waals surface area contributed by atoms with Gasteiger partial charge in [0.05, 0.1) is 0 Å². The first-order valence-corrected chi connectivity index (χ1v) is 9.01. The Kier molecular flexibility index (Phi) is 4.69. The molecule has 1 aliphatic heterocycles. The van der Waals surface area contributed by atoms with Gasteiger partial charge in [-0.15, -0.1) is 0 Å². The summed E-state index contributed by atoms with van der Waals surface area (Å²) in [6, 6.07) is 9.35. The van der Waals surface area contributed by atoms with E-state index in [0.717, 1.165) is 11.8 Å². The van der Waals surface area contributed by atoms with Gasteiger partial charge < -0.3 is 5.32 Å². The summed E-state index contributed by atoms with van der Waals surface area (Å²) in [5.41, 5.74) is 3.54. The summed E-state index contributed by atoms with van der Waals surface area (Å²) < 4.78 is 0. The Bertz CT molecular complexity index is 439. The topological polar surface area (TPSA) is 12.0 Å². The minimum atomic E-state index is 0.588. The minimum absolute atomic E-state index is 0.588. The summed E-state index contributed by atoms with van der Waals surface area (Å²) in [5.74, 6) is 1.74. The van der Waals surface area contributed by atoms with Crippen molar-refractivity contribution in [1.82, 2.24) is 5.32 Å². The van der Waals surface area contributed by atoms with Crippen molar-refractivity contribution in [3.63, 3.8) is 0 Å². The molecule has 1 unspecified atom stereocenters. The quantitative estimate of drug-likeness (QED) is 0.819. The predicted octanol–water partition coefficient (Wildman–Crippen LogP) is 5.05. The number of benzene rings is 1. The van der Waals surface area contributed by atoms with Gasteiger partial charge in [-0.25, -0.2) is 0 Å². The summed E-state index contributed by atoms with van der Waals surface area (Å²) >= 11 is 0. The van der Waals surface area contributed by atoms with E-state index in [1.165, 1.54) is 63.6 Å². The molecule has 0 bridgehead atoms. The van der Waals surface area contributed by atoms with Crippen LogP contribution >= 0.6 is 0 Å². The van der Waals surface area contributed by atoms with Gasteiger partial charge in [0.15, 0.2) is 0 Å². The highest BCUT2D eigenvalue weighted by Gasteiger charge is 2.43. The molecular formula is C20H31N. The molecule has 116 valence electrons. The van der Waals surface area contributed by atoms with E-state index in [0.29, 0.717) is 5.41 Å². The van der Waals surface area contributed by atoms with E-state index in [2.05, 4.69) is 43.4 Å². The monoisotopic (exact) mass is 285 g/mol. The first kappa shape index (κ1) is 15.1. The van der Waals surface area contributed by atoms with Crippen molar-refractivity contribution < 1.29 is 0 Å². The smallest absolute Gasteiger partial charge is 0.00255 e. The van der Waals surface area contributed by atoms with E-state index < -0.39 is 0 Å². The third-order valence-electron chi connectivity index (χ3n) is 6.16. The van der Waals surface area contributed by atoms with E-state index in [1.807, 2.05) is 0 Å². The van der Waals surface area contributed by atoms with Crippen LogP contribution in [0.3, 0.4) is 0 Å². The van der Waals surface area contributed by atoms with Gasteiger partial charge in [0.2, 0.25) is 0 Å². The standard InChI is InChI=1S/C20H31N/c1-3-4-17-9-11-20(12-10-17)13-14-21-15-19(20)18-7-5-16(2)6-8-18/h5-8,17,19,21H,3-4,9-15H2,1-2H3. The third-order valence-corrected chi connectivity index (χ3v) is 6.16. The summed E-state index contributed by atoms with van der Waals surface area (Å²) in [6.07, 6.45) is 10.0. The van der Waals surface area contributed by atoms with Crippen molar-refractivity contribution in [3.8, 4) is 0 Å². The number of nitrogens with one attached hydrogen (secondary N) is 1. The zero-order valence-electron chi connectivity index (χ0n) is 13.8. The molecule has 21 heavy (non-hydrogen) atoms. The molecule has 1 aliphatic carbocycles. The van der Waals surface area contributed by atoms with Gasteiger partial charge in [-0.05, 0) is 62.5 Å². The van der Waals surface area contributed by atoms with Crippen LogP contribution in [0.25, 0.3) is 0 Å². The Labute approximate surface area is 130 Å². The third kappa shape index (κ3) is 3.18. The lowest BCUT2D eigenvalue weighted by Gasteiger charge is -2.49. The Morgan fingerprint density at radius 3 is 2.48 bits per heavy atom. The van der Waals surface area contributed by atoms with Crippen molar-refractivity contribution in [2.24, 2.45) is 11.3 Å². The van der Waals surface area contributed by atoms with Crippen LogP contribution < -0.4 is 5.32 Å². The molecular weight excluding hydrogens is 254 g/mol. The molecule has 1 saturated carbocycles. The highest BCUT2D eigenvalue weighted by molar-refractivity contribution is 5.27. The van der Waals surface area contributed by atoms with Gasteiger partial charge in [0.25, 0.3) is 0 Å². The molecule has 0 amide bonds. The van der Waals surface area contributed by atoms with Gasteiger partial charge in [0, 0.05) is 12.5 Å². The summed E-state index contributed by atoms with van der Waals surface area (Å²) in [6.45, 7) is 6.93. The van der Waals surface area contributed by atoms with E-state index in [9.17, 15) is 0 Å². The van der Waals surface area contributed by atoms with Gasteiger partial charge in [-0.3, -0.25) is 0 Å². The maximum absolute atomic E-state index is 3.66. The number of hydrogen-bond acceptors (Lipinski definition) is 1. The molecule has 2 aliphatic rings. The molecule has 1 N–H and O–H groups in total. The molecule has 1 nitrogen and oxygen atoms in total. The lowest BCUT2D eigenvalue weighted by atomic mass is 9.58. The van der Waals surface area contributed by atoms with Crippen molar-refractivity contribution in [1.29, 1.82) is 0 Å². The molecule has 1 saturated heterocycles. The van der Waals surface area contributed by atoms with Gasteiger partial charge >= 0.3 is 0 Å². The van der Waals surface area contributed by atoms with Crippen LogP contribution in [-0.4, -0.2) is 13.1 Å². The number of piperidine rings is 1. The summed E-state index contributed by atoms with van der Waals surface area (Å²) in [4.78, 5) is 0. The first-order valence-electron chi connectivity index (χ1n) is 9.01. The Balaban J connectivity index is 1.77. The van der Waals surface area contributed by atoms with Crippen molar-refractivity contribution in [2.45, 2.75) is 64.7 Å². The fraction of sp³-hybridized carbons (Fsp3) is 0.700. The van der Waals surface area contributed by atoms with Crippen LogP contribution in [0.4, 0.5) is 0 Å². The number of hydrogen-bond donors (Lipinski definition) is 1. The van der Waals surface area contributed by atoms with Gasteiger partial charge in [0.1, 0.15) is 0 Å². The van der Waals surface area contributed by atoms with Crippen molar-refractivity contribution >= 4 is 0 Å². The minimum Gasteiger partial charge on any atom is -0.316 e. The second kappa shape index (κ2) is 6.52. The second-order valence-corrected chi connectivity index (χ2v) is 7.51. The van der Waals surface area contributed by atoms with Crippen molar-refractivity contribution in [2.75, 3.05) is 13.1 Å². The molecule has 1 heterocycles. The fourth-order valence-corrected chi connectivity index (χ4v) is 4.79. The molecule has 1 spiro atoms. The maximum Gasteiger partial charge on any atom is 0.00255 e. The highest BCUT2D eigenvalue weighted by atomic mass is 14.9. The summed E-state index contributed by atoms with van der Waals surface area (Å²) in [5, 5.41) is 3.66. The summed E-state index contributed by atoms with van der Waals surface area (Å²) in [7, 11) is 0. The Hall–Kier alpha value is -0.820. The lowest BCUT2D eigenvalue weighted by molar-refractivity contribution is 0.0768. The average molecular weight is 285 g/mol. The largest absolute Gasteiger partial charge is 0.316 e. The zero-order valence-corrected chi connectivity index (χ0v) is 13.8. The van der Waals surface area contributed by atoms with E-state index in [1.54, 1.807) is 5.56 Å². The van der Waals surface area contributed by atoms with Crippen LogP contribution in [0.1, 0.15) is 68.9 Å². The highest BCUT2D eigenvalue weighted by Crippen LogP contribution is 2.52. The van der Waals surface area contributed by atoms with Crippen LogP contribution in [0, 0.1) is 18.3 Å². The maximum atomic E-state index is 3.66. The molecule has 2 fully saturated rings. The average Bonchev–Trinajstić information content (AvgIpc) is 2.52. The van der Waals surface area contributed by atoms with Crippen LogP contribution in [0.15, 0.2) is 24.3 Å². The van der Waals surface area contributed by atoms with E-state index >= 15 is 0 Å². The van der Waals surface area contributed by atoms with Crippen LogP contribution in [0.5, 0.6) is 0 Å². The normalized spacial score (nSPS) is 33.2. The van der Waals surface area contributed by atoms with Crippen LogP contribution in [-0.2, 0) is 0 Å².